The van der Waals surface area contributed by atoms with Crippen molar-refractivity contribution in [1.82, 2.24) is 0 Å². The predicted molar refractivity (Wildman–Crippen MR) is 112 cm³/mol. The lowest BCUT2D eigenvalue weighted by Gasteiger charge is -2.13. The van der Waals surface area contributed by atoms with Crippen LogP contribution >= 0.6 is 0 Å². The van der Waals surface area contributed by atoms with Crippen molar-refractivity contribution < 1.29 is 27.8 Å². The maximum absolute atomic E-state index is 12.6. The van der Waals surface area contributed by atoms with Gasteiger partial charge in [-0.2, -0.15) is 13.2 Å². The lowest BCUT2D eigenvalue weighted by molar-refractivity contribution is -0.137. The van der Waals surface area contributed by atoms with Gasteiger partial charge in [0.1, 0.15) is 18.5 Å². The monoisotopic (exact) mass is 429 g/mol. The summed E-state index contributed by atoms with van der Waals surface area (Å²) in [5.74, 6) is 0.0644. The maximum Gasteiger partial charge on any atom is 0.416 e. The van der Waals surface area contributed by atoms with Gasteiger partial charge in [0.2, 0.25) is 0 Å². The molecular formula is C24H22F3NO3. The number of carbonyl (C=O) groups excluding carboxylic acids is 1. The number of benzene rings is 3. The summed E-state index contributed by atoms with van der Waals surface area (Å²) >= 11 is 0. The van der Waals surface area contributed by atoms with Crippen molar-refractivity contribution in [2.45, 2.75) is 31.7 Å². The molecule has 0 bridgehead atoms. The van der Waals surface area contributed by atoms with E-state index >= 15 is 0 Å². The molecule has 0 aliphatic rings. The largest absolute Gasteiger partial charge is 0.489 e. The first-order chi connectivity index (χ1) is 14.8. The minimum Gasteiger partial charge on any atom is -0.489 e. The van der Waals surface area contributed by atoms with E-state index in [1.165, 1.54) is 12.1 Å². The molecule has 0 spiro atoms. The number of anilines is 1. The smallest absolute Gasteiger partial charge is 0.416 e. The van der Waals surface area contributed by atoms with Crippen molar-refractivity contribution in [3.63, 3.8) is 0 Å². The van der Waals surface area contributed by atoms with Crippen LogP contribution in [0, 0.1) is 0 Å². The zero-order valence-electron chi connectivity index (χ0n) is 16.6. The molecule has 0 aliphatic carbocycles. The van der Waals surface area contributed by atoms with Gasteiger partial charge in [0.25, 0.3) is 5.91 Å². The number of halogens is 3. The number of nitrogens with one attached hydrogen (secondary N) is 1. The zero-order chi connectivity index (χ0) is 22.3. The zero-order valence-corrected chi connectivity index (χ0v) is 16.6. The van der Waals surface area contributed by atoms with Crippen molar-refractivity contribution in [1.29, 1.82) is 0 Å². The van der Waals surface area contributed by atoms with E-state index in [-0.39, 0.29) is 12.8 Å². The van der Waals surface area contributed by atoms with Gasteiger partial charge in [-0.05, 0) is 60.4 Å². The van der Waals surface area contributed by atoms with Gasteiger partial charge < -0.3 is 15.2 Å². The molecule has 1 unspecified atom stereocenters. The van der Waals surface area contributed by atoms with Crippen LogP contribution in [-0.4, -0.2) is 17.1 Å². The van der Waals surface area contributed by atoms with Crippen molar-refractivity contribution in [3.05, 3.63) is 95.6 Å². The molecule has 1 amide bonds. The highest BCUT2D eigenvalue weighted by molar-refractivity contribution is 5.93. The highest BCUT2D eigenvalue weighted by atomic mass is 19.4. The van der Waals surface area contributed by atoms with Crippen LogP contribution < -0.4 is 10.1 Å². The maximum atomic E-state index is 12.6. The van der Waals surface area contributed by atoms with Gasteiger partial charge in [-0.15, -0.1) is 0 Å². The third-order valence-corrected chi connectivity index (χ3v) is 4.66. The van der Waals surface area contributed by atoms with E-state index in [1.807, 2.05) is 30.3 Å². The van der Waals surface area contributed by atoms with Crippen molar-refractivity contribution in [2.24, 2.45) is 0 Å². The fraction of sp³-hybridized carbons (Fsp3) is 0.208. The van der Waals surface area contributed by atoms with Gasteiger partial charge in [-0.3, -0.25) is 4.79 Å². The average molecular weight is 429 g/mol. The molecule has 3 aromatic rings. The average Bonchev–Trinajstić information content (AvgIpc) is 2.77. The Labute approximate surface area is 178 Å². The highest BCUT2D eigenvalue weighted by Crippen LogP contribution is 2.29. The Bertz CT molecular complexity index is 972. The quantitative estimate of drug-likeness (QED) is 0.516. The summed E-state index contributed by atoms with van der Waals surface area (Å²) in [6.07, 6.45) is -5.30. The van der Waals surface area contributed by atoms with Crippen molar-refractivity contribution in [3.8, 4) is 5.75 Å². The molecule has 0 aliphatic heterocycles. The Morgan fingerprint density at radius 2 is 1.55 bits per heavy atom. The van der Waals surface area contributed by atoms with E-state index in [9.17, 15) is 23.1 Å². The number of carbonyl (C=O) groups is 1. The van der Waals surface area contributed by atoms with Crippen molar-refractivity contribution >= 4 is 11.6 Å². The number of rotatable bonds is 8. The molecule has 4 nitrogen and oxygen atoms in total. The van der Waals surface area contributed by atoms with Crippen molar-refractivity contribution in [2.75, 3.05) is 5.32 Å². The summed E-state index contributed by atoms with van der Waals surface area (Å²) in [5, 5.41) is 12.7. The molecule has 1 atom stereocenters. The third kappa shape index (κ3) is 6.86. The molecule has 2 N–H and O–H groups in total. The number of aliphatic hydroxyl groups excluding tert-OH is 1. The van der Waals surface area contributed by atoms with Crippen LogP contribution in [0.5, 0.6) is 5.75 Å². The molecule has 7 heteroatoms. The number of aryl methyl sites for hydroxylation is 1. The first kappa shape index (κ1) is 22.4. The second-order valence-corrected chi connectivity index (χ2v) is 7.04. The fourth-order valence-electron chi connectivity index (χ4n) is 2.90. The second-order valence-electron chi connectivity index (χ2n) is 7.04. The SMILES string of the molecule is O=C(Nc1ccc(OCc2ccccc2)cc1)C(O)CCc1ccc(C(F)(F)F)cc1. The first-order valence-electron chi connectivity index (χ1n) is 9.73. The standard InChI is InChI=1S/C24H22F3NO3/c25-24(26,27)19-9-6-17(7-10-19)8-15-22(29)23(30)28-20-11-13-21(14-12-20)31-16-18-4-2-1-3-5-18/h1-7,9-14,22,29H,8,15-16H2,(H,28,30). The van der Waals surface area contributed by atoms with E-state index in [0.29, 0.717) is 23.6 Å². The minimum absolute atomic E-state index is 0.0927. The predicted octanol–water partition coefficient (Wildman–Crippen LogP) is 5.22. The lowest BCUT2D eigenvalue weighted by atomic mass is 10.0. The summed E-state index contributed by atoms with van der Waals surface area (Å²) in [4.78, 5) is 12.2. The molecule has 0 fully saturated rings. The molecular weight excluding hydrogens is 407 g/mol. The van der Waals surface area contributed by atoms with Gasteiger partial charge in [0, 0.05) is 5.69 Å². The summed E-state index contributed by atoms with van der Waals surface area (Å²) in [6, 6.07) is 21.2. The van der Waals surface area contributed by atoms with E-state index in [4.69, 9.17) is 4.74 Å². The van der Waals surface area contributed by atoms with Gasteiger partial charge in [-0.25, -0.2) is 0 Å². The highest BCUT2D eigenvalue weighted by Gasteiger charge is 2.29. The molecule has 0 aromatic heterocycles. The Morgan fingerprint density at radius 3 is 2.16 bits per heavy atom. The molecule has 3 rings (SSSR count). The first-order valence-corrected chi connectivity index (χ1v) is 9.73. The van der Waals surface area contributed by atoms with Crippen LogP contribution in [0.1, 0.15) is 23.1 Å². The Hall–Kier alpha value is -3.32. The van der Waals surface area contributed by atoms with E-state index in [2.05, 4.69) is 5.32 Å². The summed E-state index contributed by atoms with van der Waals surface area (Å²) in [5.41, 5.74) is 1.42. The van der Waals surface area contributed by atoms with E-state index < -0.39 is 23.8 Å². The van der Waals surface area contributed by atoms with Crippen LogP contribution in [-0.2, 0) is 24.0 Å². The lowest BCUT2D eigenvalue weighted by Crippen LogP contribution is -2.28. The minimum atomic E-state index is -4.39. The number of amides is 1. The normalized spacial score (nSPS) is 12.3. The molecule has 0 saturated carbocycles. The molecule has 0 saturated heterocycles. The van der Waals surface area contributed by atoms with E-state index in [0.717, 1.165) is 17.7 Å². The van der Waals surface area contributed by atoms with Crippen LogP contribution in [0.25, 0.3) is 0 Å². The number of hydrogen-bond acceptors (Lipinski definition) is 3. The number of aliphatic hydroxyl groups is 1. The van der Waals surface area contributed by atoms with Gasteiger partial charge in [-0.1, -0.05) is 42.5 Å². The number of alkyl halides is 3. The number of hydrogen-bond donors (Lipinski definition) is 2. The van der Waals surface area contributed by atoms with Crippen LogP contribution in [0.3, 0.4) is 0 Å². The topological polar surface area (TPSA) is 58.6 Å². The number of ether oxygens (including phenoxy) is 1. The van der Waals surface area contributed by atoms with Crippen LogP contribution in [0.15, 0.2) is 78.9 Å². The summed E-state index contributed by atoms with van der Waals surface area (Å²) in [7, 11) is 0. The van der Waals surface area contributed by atoms with Gasteiger partial charge in [0.15, 0.2) is 0 Å². The molecule has 162 valence electrons. The Balaban J connectivity index is 1.45. The van der Waals surface area contributed by atoms with Gasteiger partial charge >= 0.3 is 6.18 Å². The second kappa shape index (κ2) is 10.1. The summed E-state index contributed by atoms with van der Waals surface area (Å²) < 4.78 is 43.5. The Morgan fingerprint density at radius 1 is 0.903 bits per heavy atom. The Kier molecular flexibility index (Phi) is 7.31. The molecule has 3 aromatic carbocycles. The third-order valence-electron chi connectivity index (χ3n) is 4.66. The molecule has 0 radical (unpaired) electrons. The van der Waals surface area contributed by atoms with Gasteiger partial charge in [0.05, 0.1) is 5.56 Å². The summed E-state index contributed by atoms with van der Waals surface area (Å²) in [6.45, 7) is 0.426. The van der Waals surface area contributed by atoms with Crippen LogP contribution in [0.4, 0.5) is 18.9 Å². The molecule has 31 heavy (non-hydrogen) atoms. The van der Waals surface area contributed by atoms with E-state index in [1.54, 1.807) is 24.3 Å². The van der Waals surface area contributed by atoms with Crippen LogP contribution in [0.2, 0.25) is 0 Å². The molecule has 0 heterocycles. The fourth-order valence-corrected chi connectivity index (χ4v) is 2.90.